The second-order valence-corrected chi connectivity index (χ2v) is 3.82. The number of carbonyl (C=O) groups excluding carboxylic acids is 1. The van der Waals surface area contributed by atoms with E-state index in [0.717, 1.165) is 5.56 Å². The van der Waals surface area contributed by atoms with Gasteiger partial charge in [0.05, 0.1) is 7.11 Å². The molecular weight excluding hydrogens is 233 g/mol. The Morgan fingerprint density at radius 3 is 2.61 bits per heavy atom. The highest BCUT2D eigenvalue weighted by Gasteiger charge is 2.21. The summed E-state index contributed by atoms with van der Waals surface area (Å²) >= 11 is 0. The average molecular weight is 246 g/mol. The highest BCUT2D eigenvalue weighted by molar-refractivity contribution is 5.88. The van der Waals surface area contributed by atoms with E-state index >= 15 is 0 Å². The Morgan fingerprint density at radius 1 is 1.22 bits per heavy atom. The minimum Gasteiger partial charge on any atom is -0.465 e. The lowest BCUT2D eigenvalue weighted by molar-refractivity contribution is -0.716. The highest BCUT2D eigenvalue weighted by Crippen LogP contribution is 2.05. The van der Waals surface area contributed by atoms with Crippen molar-refractivity contribution in [2.24, 2.45) is 0 Å². The number of esters is 1. The van der Waals surface area contributed by atoms with Gasteiger partial charge in [0.2, 0.25) is 0 Å². The largest absolute Gasteiger partial charge is 0.465 e. The maximum atomic E-state index is 14.1. The van der Waals surface area contributed by atoms with E-state index in [1.54, 1.807) is 12.3 Å². The van der Waals surface area contributed by atoms with E-state index in [9.17, 15) is 9.18 Å². The number of rotatable bonds is 3. The maximum Gasteiger partial charge on any atom is 0.374 e. The molecule has 18 heavy (non-hydrogen) atoms. The van der Waals surface area contributed by atoms with Crippen molar-refractivity contribution in [1.29, 1.82) is 0 Å². The molecule has 0 aliphatic heterocycles. The lowest BCUT2D eigenvalue weighted by atomic mass is 10.2. The third-order valence-corrected chi connectivity index (χ3v) is 2.60. The summed E-state index contributed by atoms with van der Waals surface area (Å²) in [4.78, 5) is 11.4. The predicted molar refractivity (Wildman–Crippen MR) is 63.5 cm³/mol. The zero-order valence-electron chi connectivity index (χ0n) is 9.97. The molecule has 0 N–H and O–H groups in total. The van der Waals surface area contributed by atoms with Crippen molar-refractivity contribution in [3.05, 3.63) is 65.7 Å². The molecule has 1 heterocycles. The Morgan fingerprint density at radius 2 is 1.94 bits per heavy atom. The van der Waals surface area contributed by atoms with Gasteiger partial charge in [-0.25, -0.2) is 4.79 Å². The predicted octanol–water partition coefficient (Wildman–Crippen LogP) is 1.95. The van der Waals surface area contributed by atoms with Gasteiger partial charge in [-0.05, 0) is 6.07 Å². The molecule has 0 aliphatic rings. The Labute approximate surface area is 104 Å². The molecule has 0 saturated heterocycles. The second-order valence-electron chi connectivity index (χ2n) is 3.82. The van der Waals surface area contributed by atoms with Crippen LogP contribution in [0.25, 0.3) is 0 Å². The lowest BCUT2D eigenvalue weighted by Gasteiger charge is -2.02. The summed E-state index contributed by atoms with van der Waals surface area (Å²) in [5.74, 6) is -1.26. The fourth-order valence-corrected chi connectivity index (χ4v) is 1.70. The van der Waals surface area contributed by atoms with E-state index in [-0.39, 0.29) is 5.56 Å². The molecule has 0 unspecified atom stereocenters. The third kappa shape index (κ3) is 2.53. The number of benzene rings is 1. The Hall–Kier alpha value is -2.23. The summed E-state index contributed by atoms with van der Waals surface area (Å²) < 4.78 is 20.0. The summed E-state index contributed by atoms with van der Waals surface area (Å²) in [5.41, 5.74) is 0.902. The summed E-state index contributed by atoms with van der Waals surface area (Å²) in [6.45, 7) is 0.373. The monoisotopic (exact) mass is 246 g/mol. The van der Waals surface area contributed by atoms with Gasteiger partial charge in [-0.3, -0.25) is 0 Å². The first-order valence-corrected chi connectivity index (χ1v) is 5.52. The second kappa shape index (κ2) is 5.40. The lowest BCUT2D eigenvalue weighted by Crippen LogP contribution is -2.40. The molecule has 0 saturated carbocycles. The number of hydrogen-bond acceptors (Lipinski definition) is 2. The Balaban J connectivity index is 2.32. The Kier molecular flexibility index (Phi) is 3.67. The molecule has 0 aliphatic carbocycles. The van der Waals surface area contributed by atoms with Crippen molar-refractivity contribution in [1.82, 2.24) is 0 Å². The van der Waals surface area contributed by atoms with Gasteiger partial charge in [-0.1, -0.05) is 30.3 Å². The molecular formula is C14H13FNO2+. The van der Waals surface area contributed by atoms with Crippen LogP contribution in [0.4, 0.5) is 4.39 Å². The average Bonchev–Trinajstić information content (AvgIpc) is 2.41. The molecule has 4 heteroatoms. The van der Waals surface area contributed by atoms with Gasteiger partial charge in [0.15, 0.2) is 18.3 Å². The van der Waals surface area contributed by atoms with Crippen LogP contribution in [0.3, 0.4) is 0 Å². The number of pyridine rings is 1. The minimum absolute atomic E-state index is 0.0593. The topological polar surface area (TPSA) is 30.2 Å². The molecule has 0 atom stereocenters. The summed E-state index contributed by atoms with van der Waals surface area (Å²) in [6.07, 6.45) is 1.59. The third-order valence-electron chi connectivity index (χ3n) is 2.60. The van der Waals surface area contributed by atoms with Gasteiger partial charge < -0.3 is 4.74 Å². The van der Waals surface area contributed by atoms with Crippen LogP contribution in [-0.2, 0) is 11.3 Å². The van der Waals surface area contributed by atoms with Crippen LogP contribution in [0.15, 0.2) is 48.7 Å². The first-order chi connectivity index (χ1) is 8.72. The van der Waals surface area contributed by atoms with Gasteiger partial charge >= 0.3 is 11.9 Å². The smallest absolute Gasteiger partial charge is 0.374 e. The van der Waals surface area contributed by atoms with E-state index in [0.29, 0.717) is 6.54 Å². The molecule has 3 nitrogen and oxygen atoms in total. The van der Waals surface area contributed by atoms with Crippen molar-refractivity contribution >= 4 is 5.97 Å². The highest BCUT2D eigenvalue weighted by atomic mass is 19.1. The first kappa shape index (κ1) is 12.2. The van der Waals surface area contributed by atoms with E-state index in [2.05, 4.69) is 4.74 Å². The quantitative estimate of drug-likeness (QED) is 0.471. The zero-order chi connectivity index (χ0) is 13.0. The standard InChI is InChI=1S/C14H13FNO2/c1-18-14(17)12-8-5-9-16(13(12)15)10-11-6-3-2-4-7-11/h2-9H,10H2,1H3/q+1. The number of ether oxygens (including phenoxy) is 1. The minimum atomic E-state index is -0.671. The molecule has 1 aromatic carbocycles. The molecule has 1 aromatic heterocycles. The molecule has 2 rings (SSSR count). The number of halogens is 1. The molecule has 0 bridgehead atoms. The van der Waals surface area contributed by atoms with Crippen LogP contribution in [0, 0.1) is 5.95 Å². The van der Waals surface area contributed by atoms with E-state index < -0.39 is 11.9 Å². The van der Waals surface area contributed by atoms with E-state index in [1.165, 1.54) is 17.7 Å². The molecule has 0 fully saturated rings. The Bertz CT molecular complexity index is 555. The van der Waals surface area contributed by atoms with Crippen LogP contribution >= 0.6 is 0 Å². The van der Waals surface area contributed by atoms with Crippen molar-refractivity contribution in [3.63, 3.8) is 0 Å². The van der Waals surface area contributed by atoms with Gasteiger partial charge in [0.1, 0.15) is 0 Å². The van der Waals surface area contributed by atoms with Gasteiger partial charge in [0, 0.05) is 11.6 Å². The van der Waals surface area contributed by atoms with Gasteiger partial charge in [-0.2, -0.15) is 4.57 Å². The van der Waals surface area contributed by atoms with E-state index in [4.69, 9.17) is 0 Å². The number of carbonyl (C=O) groups is 1. The van der Waals surface area contributed by atoms with Crippen LogP contribution in [0.1, 0.15) is 15.9 Å². The zero-order valence-corrected chi connectivity index (χ0v) is 9.97. The SMILES string of the molecule is COC(=O)c1ccc[n+](Cc2ccccc2)c1F. The van der Waals surface area contributed by atoms with Crippen LogP contribution in [0.2, 0.25) is 0 Å². The molecule has 0 radical (unpaired) electrons. The number of hydrogen-bond donors (Lipinski definition) is 0. The van der Waals surface area contributed by atoms with Crippen molar-refractivity contribution in [3.8, 4) is 0 Å². The van der Waals surface area contributed by atoms with E-state index in [1.807, 2.05) is 30.3 Å². The summed E-state index contributed by atoms with van der Waals surface area (Å²) in [6, 6.07) is 12.5. The molecule has 92 valence electrons. The fourth-order valence-electron chi connectivity index (χ4n) is 1.70. The fraction of sp³-hybridized carbons (Fsp3) is 0.143. The van der Waals surface area contributed by atoms with Crippen molar-refractivity contribution in [2.75, 3.05) is 7.11 Å². The van der Waals surface area contributed by atoms with Crippen molar-refractivity contribution in [2.45, 2.75) is 6.54 Å². The van der Waals surface area contributed by atoms with Gasteiger partial charge in [-0.15, -0.1) is 4.39 Å². The molecule has 0 spiro atoms. The maximum absolute atomic E-state index is 14.1. The number of nitrogens with zero attached hydrogens (tertiary/aromatic N) is 1. The molecule has 2 aromatic rings. The normalized spacial score (nSPS) is 10.1. The van der Waals surface area contributed by atoms with Crippen LogP contribution < -0.4 is 4.57 Å². The van der Waals surface area contributed by atoms with Crippen LogP contribution in [0.5, 0.6) is 0 Å². The number of aromatic nitrogens is 1. The van der Waals surface area contributed by atoms with Crippen molar-refractivity contribution < 1.29 is 18.5 Å². The van der Waals surface area contributed by atoms with Crippen LogP contribution in [-0.4, -0.2) is 13.1 Å². The molecule has 0 amide bonds. The summed E-state index contributed by atoms with van der Waals surface area (Å²) in [5, 5.41) is 0. The van der Waals surface area contributed by atoms with Gasteiger partial charge in [0.25, 0.3) is 0 Å². The summed E-state index contributed by atoms with van der Waals surface area (Å²) in [7, 11) is 1.23. The first-order valence-electron chi connectivity index (χ1n) is 5.52. The number of methoxy groups -OCH3 is 1.